The van der Waals surface area contributed by atoms with Crippen molar-refractivity contribution in [3.8, 4) is 0 Å². The average Bonchev–Trinajstić information content (AvgIpc) is 2.00. The lowest BCUT2D eigenvalue weighted by molar-refractivity contribution is -0.142. The topological polar surface area (TPSA) is 49.8 Å². The summed E-state index contributed by atoms with van der Waals surface area (Å²) in [5, 5.41) is 9.27. The summed E-state index contributed by atoms with van der Waals surface area (Å²) in [5.74, 6) is -0.360. The van der Waals surface area contributed by atoms with Gasteiger partial charge in [0.15, 0.2) is 0 Å². The second-order valence-electron chi connectivity index (χ2n) is 3.03. The minimum absolute atomic E-state index is 0.0876. The van der Waals surface area contributed by atoms with Crippen molar-refractivity contribution in [3.63, 3.8) is 0 Å². The van der Waals surface area contributed by atoms with Gasteiger partial charge in [-0.05, 0) is 27.1 Å². The summed E-state index contributed by atoms with van der Waals surface area (Å²) in [6.45, 7) is 0.776. The fraction of sp³-hybridized carbons (Fsp3) is 0.875. The fourth-order valence-electron chi connectivity index (χ4n) is 0.785. The molecule has 0 aliphatic rings. The van der Waals surface area contributed by atoms with Gasteiger partial charge in [0.25, 0.3) is 0 Å². The smallest absolute Gasteiger partial charge is 0.308 e. The van der Waals surface area contributed by atoms with E-state index in [1.165, 1.54) is 7.11 Å². The van der Waals surface area contributed by atoms with Crippen LogP contribution in [0.5, 0.6) is 0 Å². The Morgan fingerprint density at radius 3 is 2.58 bits per heavy atom. The van der Waals surface area contributed by atoms with Crippen molar-refractivity contribution in [1.29, 1.82) is 0 Å². The fourth-order valence-corrected chi connectivity index (χ4v) is 0.785. The van der Waals surface area contributed by atoms with E-state index in [9.17, 15) is 9.90 Å². The van der Waals surface area contributed by atoms with E-state index in [1.807, 2.05) is 19.0 Å². The molecule has 0 aromatic rings. The number of methoxy groups -OCH3 is 1. The number of carbonyl (C=O) groups excluding carboxylic acids is 1. The van der Waals surface area contributed by atoms with Crippen molar-refractivity contribution in [2.45, 2.75) is 18.9 Å². The largest absolute Gasteiger partial charge is 0.469 e. The predicted octanol–water partition coefficient (Wildman–Crippen LogP) is -0.138. The van der Waals surface area contributed by atoms with Crippen molar-refractivity contribution >= 4 is 5.97 Å². The Labute approximate surface area is 73.1 Å². The Bertz CT molecular complexity index is 136. The number of aliphatic hydroxyl groups excluding tert-OH is 1. The van der Waals surface area contributed by atoms with Crippen LogP contribution in [0.15, 0.2) is 0 Å². The standard InChI is InChI=1S/C8H17NO3/c1-9(2)5-4-7(10)6-8(11)12-3/h7,10H,4-6H2,1-3H3. The molecule has 4 heteroatoms. The molecule has 12 heavy (non-hydrogen) atoms. The normalized spacial score (nSPS) is 13.1. The number of carbonyl (C=O) groups is 1. The molecule has 0 aliphatic heterocycles. The van der Waals surface area contributed by atoms with Crippen molar-refractivity contribution in [1.82, 2.24) is 4.90 Å². The zero-order chi connectivity index (χ0) is 9.56. The van der Waals surface area contributed by atoms with Crippen LogP contribution in [0.4, 0.5) is 0 Å². The summed E-state index contributed by atoms with van der Waals surface area (Å²) in [5.41, 5.74) is 0. The Hall–Kier alpha value is -0.610. The summed E-state index contributed by atoms with van der Waals surface area (Å²) in [7, 11) is 5.16. The molecule has 0 bridgehead atoms. The Morgan fingerprint density at radius 1 is 1.58 bits per heavy atom. The van der Waals surface area contributed by atoms with E-state index >= 15 is 0 Å². The lowest BCUT2D eigenvalue weighted by Gasteiger charge is -2.12. The number of nitrogens with zero attached hydrogens (tertiary/aromatic N) is 1. The van der Waals surface area contributed by atoms with E-state index in [0.717, 1.165) is 6.54 Å². The molecule has 0 aliphatic carbocycles. The Balaban J connectivity index is 3.45. The summed E-state index contributed by atoms with van der Waals surface area (Å²) >= 11 is 0. The van der Waals surface area contributed by atoms with Gasteiger partial charge >= 0.3 is 5.97 Å². The molecular weight excluding hydrogens is 158 g/mol. The molecule has 4 nitrogen and oxygen atoms in total. The zero-order valence-electron chi connectivity index (χ0n) is 7.91. The molecule has 1 unspecified atom stereocenters. The van der Waals surface area contributed by atoms with Gasteiger partial charge in [0, 0.05) is 0 Å². The molecule has 0 rings (SSSR count). The van der Waals surface area contributed by atoms with Crippen LogP contribution in [0.3, 0.4) is 0 Å². The first-order valence-corrected chi connectivity index (χ1v) is 3.96. The molecule has 1 atom stereocenters. The second-order valence-corrected chi connectivity index (χ2v) is 3.03. The number of hydrogen-bond acceptors (Lipinski definition) is 4. The third kappa shape index (κ3) is 6.12. The molecule has 72 valence electrons. The highest BCUT2D eigenvalue weighted by Gasteiger charge is 2.10. The summed E-state index contributed by atoms with van der Waals surface area (Å²) in [6, 6.07) is 0. The van der Waals surface area contributed by atoms with E-state index in [0.29, 0.717) is 6.42 Å². The van der Waals surface area contributed by atoms with Crippen LogP contribution in [0.25, 0.3) is 0 Å². The van der Waals surface area contributed by atoms with Crippen LogP contribution in [-0.4, -0.2) is 49.8 Å². The molecule has 0 aromatic carbocycles. The van der Waals surface area contributed by atoms with Gasteiger partial charge in [-0.15, -0.1) is 0 Å². The highest BCUT2D eigenvalue weighted by molar-refractivity contribution is 5.69. The van der Waals surface area contributed by atoms with Crippen LogP contribution in [0.2, 0.25) is 0 Å². The molecule has 0 aromatic heterocycles. The monoisotopic (exact) mass is 175 g/mol. The van der Waals surface area contributed by atoms with E-state index in [1.54, 1.807) is 0 Å². The molecule has 0 saturated heterocycles. The number of hydrogen-bond donors (Lipinski definition) is 1. The molecule has 0 radical (unpaired) electrons. The highest BCUT2D eigenvalue weighted by atomic mass is 16.5. The van der Waals surface area contributed by atoms with Crippen molar-refractivity contribution in [2.24, 2.45) is 0 Å². The van der Waals surface area contributed by atoms with Crippen molar-refractivity contribution < 1.29 is 14.6 Å². The van der Waals surface area contributed by atoms with Gasteiger partial charge < -0.3 is 14.7 Å². The van der Waals surface area contributed by atoms with Gasteiger partial charge in [0.2, 0.25) is 0 Å². The van der Waals surface area contributed by atoms with Gasteiger partial charge in [-0.2, -0.15) is 0 Å². The average molecular weight is 175 g/mol. The summed E-state index contributed by atoms with van der Waals surface area (Å²) in [4.78, 5) is 12.6. The molecule has 0 spiro atoms. The maximum absolute atomic E-state index is 10.7. The van der Waals surface area contributed by atoms with E-state index in [-0.39, 0.29) is 12.4 Å². The van der Waals surface area contributed by atoms with Gasteiger partial charge in [-0.25, -0.2) is 0 Å². The van der Waals surface area contributed by atoms with Crippen molar-refractivity contribution in [2.75, 3.05) is 27.7 Å². The maximum Gasteiger partial charge on any atom is 0.308 e. The first kappa shape index (κ1) is 11.4. The molecule has 0 saturated carbocycles. The minimum atomic E-state index is -0.583. The second kappa shape index (κ2) is 5.97. The van der Waals surface area contributed by atoms with Crippen LogP contribution in [0.1, 0.15) is 12.8 Å². The number of rotatable bonds is 5. The van der Waals surface area contributed by atoms with Crippen LogP contribution in [-0.2, 0) is 9.53 Å². The molecule has 0 heterocycles. The lowest BCUT2D eigenvalue weighted by Crippen LogP contribution is -2.21. The molecule has 0 amide bonds. The third-order valence-corrected chi connectivity index (χ3v) is 1.54. The Kier molecular flexibility index (Phi) is 5.66. The van der Waals surface area contributed by atoms with Gasteiger partial charge in [0.1, 0.15) is 0 Å². The van der Waals surface area contributed by atoms with Gasteiger partial charge in [-0.3, -0.25) is 4.79 Å². The van der Waals surface area contributed by atoms with Crippen LogP contribution < -0.4 is 0 Å². The first-order chi connectivity index (χ1) is 5.56. The third-order valence-electron chi connectivity index (χ3n) is 1.54. The van der Waals surface area contributed by atoms with Crippen LogP contribution in [0, 0.1) is 0 Å². The quantitative estimate of drug-likeness (QED) is 0.591. The molecular formula is C8H17NO3. The minimum Gasteiger partial charge on any atom is -0.469 e. The lowest BCUT2D eigenvalue weighted by atomic mass is 10.2. The molecule has 0 fully saturated rings. The summed E-state index contributed by atoms with van der Waals surface area (Å²) in [6.07, 6.45) is 0.103. The summed E-state index contributed by atoms with van der Waals surface area (Å²) < 4.78 is 4.42. The van der Waals surface area contributed by atoms with Crippen LogP contribution >= 0.6 is 0 Å². The number of aliphatic hydroxyl groups is 1. The Morgan fingerprint density at radius 2 is 2.17 bits per heavy atom. The predicted molar refractivity (Wildman–Crippen MR) is 45.8 cm³/mol. The van der Waals surface area contributed by atoms with Gasteiger partial charge in [-0.1, -0.05) is 0 Å². The SMILES string of the molecule is COC(=O)CC(O)CCN(C)C. The maximum atomic E-state index is 10.7. The van der Waals surface area contributed by atoms with E-state index < -0.39 is 6.10 Å². The van der Waals surface area contributed by atoms with E-state index in [2.05, 4.69) is 4.74 Å². The van der Waals surface area contributed by atoms with Gasteiger partial charge in [0.05, 0.1) is 19.6 Å². The first-order valence-electron chi connectivity index (χ1n) is 3.96. The number of esters is 1. The van der Waals surface area contributed by atoms with Crippen molar-refractivity contribution in [3.05, 3.63) is 0 Å². The van der Waals surface area contributed by atoms with E-state index in [4.69, 9.17) is 0 Å². The number of ether oxygens (including phenoxy) is 1. The highest BCUT2D eigenvalue weighted by Crippen LogP contribution is 1.99. The molecule has 1 N–H and O–H groups in total. The zero-order valence-corrected chi connectivity index (χ0v) is 7.91.